The highest BCUT2D eigenvalue weighted by atomic mass is 19.1. The number of aliphatic imine (C=N–C) groups is 1. The summed E-state index contributed by atoms with van der Waals surface area (Å²) in [6, 6.07) is 16.5. The minimum absolute atomic E-state index is 0.00504. The number of aryl methyl sites for hydroxylation is 1. The number of ether oxygens (including phenoxy) is 1. The SMILES string of the molecule is CC(C)Nc1ccc(-c2nn3c(c2C(=O)N[C@H]2N=C(c4ccccc4)c4cccc(F)c4NC2=O)O[C@@H](C)CCC3)c(F)n1. The number of halogens is 2. The summed E-state index contributed by atoms with van der Waals surface area (Å²) in [5, 5.41) is 12.9. The average Bonchev–Trinajstić information content (AvgIpc) is 3.13. The third-order valence-electron chi connectivity index (χ3n) is 7.31. The number of nitrogens with zero attached hydrogens (tertiary/aromatic N) is 4. The molecule has 2 amide bonds. The summed E-state index contributed by atoms with van der Waals surface area (Å²) in [7, 11) is 0. The van der Waals surface area contributed by atoms with Crippen molar-refractivity contribution in [2.45, 2.75) is 58.5 Å². The number of anilines is 2. The average molecular weight is 600 g/mol. The van der Waals surface area contributed by atoms with Gasteiger partial charge in [0.25, 0.3) is 11.8 Å². The van der Waals surface area contributed by atoms with E-state index in [1.807, 2.05) is 26.8 Å². The van der Waals surface area contributed by atoms with Gasteiger partial charge in [0.05, 0.1) is 23.1 Å². The first kappa shape index (κ1) is 29.0. The molecule has 0 radical (unpaired) electrons. The van der Waals surface area contributed by atoms with Crippen LogP contribution in [0.2, 0.25) is 0 Å². The predicted octanol–water partition coefficient (Wildman–Crippen LogP) is 5.15. The molecule has 2 aromatic carbocycles. The Hall–Kier alpha value is -5.13. The van der Waals surface area contributed by atoms with E-state index in [1.54, 1.807) is 36.4 Å². The summed E-state index contributed by atoms with van der Waals surface area (Å²) >= 11 is 0. The summed E-state index contributed by atoms with van der Waals surface area (Å²) in [4.78, 5) is 36.1. The lowest BCUT2D eigenvalue weighted by atomic mass is 10.0. The molecule has 2 aromatic heterocycles. The first-order chi connectivity index (χ1) is 21.2. The van der Waals surface area contributed by atoms with Crippen molar-refractivity contribution in [2.24, 2.45) is 4.99 Å². The number of carbonyl (C=O) groups excluding carboxylic acids is 2. The molecule has 10 nitrogen and oxygen atoms in total. The molecular formula is C32H31F2N7O3. The maximum absolute atomic E-state index is 15.5. The minimum Gasteiger partial charge on any atom is -0.474 e. The van der Waals surface area contributed by atoms with E-state index in [0.717, 1.165) is 12.8 Å². The molecular weight excluding hydrogens is 568 g/mol. The Bertz CT molecular complexity index is 1770. The Morgan fingerprint density at radius 1 is 1.07 bits per heavy atom. The molecule has 0 fully saturated rings. The molecule has 2 aliphatic heterocycles. The van der Waals surface area contributed by atoms with Gasteiger partial charge in [-0.2, -0.15) is 9.49 Å². The van der Waals surface area contributed by atoms with Gasteiger partial charge in [0.15, 0.2) is 0 Å². The van der Waals surface area contributed by atoms with Crippen LogP contribution in [0.15, 0.2) is 65.7 Å². The van der Waals surface area contributed by atoms with E-state index in [2.05, 4.69) is 31.0 Å². The number of aromatic nitrogens is 3. The number of pyridine rings is 1. The Labute approximate surface area is 252 Å². The number of rotatable bonds is 6. The van der Waals surface area contributed by atoms with Gasteiger partial charge in [-0.15, -0.1) is 0 Å². The summed E-state index contributed by atoms with van der Waals surface area (Å²) in [5.74, 6) is -2.49. The normalized spacial score (nSPS) is 17.8. The number of fused-ring (bicyclic) bond motifs is 2. The number of para-hydroxylation sites is 1. The zero-order valence-electron chi connectivity index (χ0n) is 24.4. The van der Waals surface area contributed by atoms with Crippen molar-refractivity contribution >= 4 is 29.0 Å². The maximum Gasteiger partial charge on any atom is 0.269 e. The Kier molecular flexibility index (Phi) is 7.81. The molecule has 6 rings (SSSR count). The predicted molar refractivity (Wildman–Crippen MR) is 162 cm³/mol. The minimum atomic E-state index is -1.46. The summed E-state index contributed by atoms with van der Waals surface area (Å²) in [5.41, 5.74) is 1.21. The number of benzene rings is 2. The Morgan fingerprint density at radius 2 is 1.86 bits per heavy atom. The topological polar surface area (TPSA) is 123 Å². The molecule has 4 aromatic rings. The highest BCUT2D eigenvalue weighted by Gasteiger charge is 2.34. The van der Waals surface area contributed by atoms with E-state index in [1.165, 1.54) is 22.9 Å². The first-order valence-electron chi connectivity index (χ1n) is 14.4. The molecule has 0 saturated carbocycles. The van der Waals surface area contributed by atoms with Crippen LogP contribution in [-0.2, 0) is 11.3 Å². The van der Waals surface area contributed by atoms with Gasteiger partial charge >= 0.3 is 0 Å². The fourth-order valence-electron chi connectivity index (χ4n) is 5.29. The maximum atomic E-state index is 15.5. The van der Waals surface area contributed by atoms with Crippen LogP contribution in [0.1, 0.15) is 55.1 Å². The molecule has 4 heterocycles. The summed E-state index contributed by atoms with van der Waals surface area (Å²) in [6.45, 7) is 6.13. The second kappa shape index (κ2) is 11.9. The first-order valence-corrected chi connectivity index (χ1v) is 14.4. The lowest BCUT2D eigenvalue weighted by Gasteiger charge is -2.16. The molecule has 2 aliphatic rings. The lowest BCUT2D eigenvalue weighted by Crippen LogP contribution is -2.42. The number of nitrogens with one attached hydrogen (secondary N) is 3. The Balaban J connectivity index is 1.43. The molecule has 44 heavy (non-hydrogen) atoms. The highest BCUT2D eigenvalue weighted by molar-refractivity contribution is 6.20. The monoisotopic (exact) mass is 599 g/mol. The zero-order chi connectivity index (χ0) is 31.0. The number of benzodiazepines with no additional fused rings is 1. The quantitative estimate of drug-likeness (QED) is 0.264. The second-order valence-electron chi connectivity index (χ2n) is 11.0. The zero-order valence-corrected chi connectivity index (χ0v) is 24.4. The van der Waals surface area contributed by atoms with E-state index in [-0.39, 0.29) is 40.5 Å². The van der Waals surface area contributed by atoms with Gasteiger partial charge in [0.1, 0.15) is 22.9 Å². The van der Waals surface area contributed by atoms with Gasteiger partial charge in [-0.3, -0.25) is 9.59 Å². The standard InChI is InChI=1S/C32H31F2N7O3/c1-17(2)35-23-15-14-21(28(34)36-23)27-24(32-41(40-27)16-8-9-18(3)44-32)30(42)39-29-31(43)38-26-20(12-7-13-22(26)33)25(37-29)19-10-5-4-6-11-19/h4-7,10-15,17-18,29H,8-9,16H2,1-3H3,(H,35,36)(H,38,43)(H,39,42)/t18-,29+/m0/s1. The van der Waals surface area contributed by atoms with Crippen LogP contribution >= 0.6 is 0 Å². The van der Waals surface area contributed by atoms with E-state index in [4.69, 9.17) is 4.74 Å². The molecule has 12 heteroatoms. The largest absolute Gasteiger partial charge is 0.474 e. The van der Waals surface area contributed by atoms with Crippen LogP contribution in [0.5, 0.6) is 5.88 Å². The van der Waals surface area contributed by atoms with Gasteiger partial charge in [0.2, 0.25) is 18.0 Å². The van der Waals surface area contributed by atoms with Crippen LogP contribution in [0, 0.1) is 11.8 Å². The third-order valence-corrected chi connectivity index (χ3v) is 7.31. The molecule has 2 atom stereocenters. The molecule has 0 bridgehead atoms. The lowest BCUT2D eigenvalue weighted by molar-refractivity contribution is -0.117. The molecule has 0 unspecified atom stereocenters. The van der Waals surface area contributed by atoms with Crippen molar-refractivity contribution in [2.75, 3.05) is 10.6 Å². The van der Waals surface area contributed by atoms with Crippen molar-refractivity contribution < 1.29 is 23.1 Å². The van der Waals surface area contributed by atoms with Gasteiger partial charge < -0.3 is 20.7 Å². The molecule has 0 spiro atoms. The van der Waals surface area contributed by atoms with Gasteiger partial charge in [-0.25, -0.2) is 19.0 Å². The van der Waals surface area contributed by atoms with Crippen LogP contribution < -0.4 is 20.7 Å². The van der Waals surface area contributed by atoms with E-state index in [9.17, 15) is 14.0 Å². The van der Waals surface area contributed by atoms with Crippen LogP contribution in [0.4, 0.5) is 20.3 Å². The van der Waals surface area contributed by atoms with Gasteiger partial charge in [-0.1, -0.05) is 42.5 Å². The van der Waals surface area contributed by atoms with Gasteiger partial charge in [0, 0.05) is 23.7 Å². The Morgan fingerprint density at radius 3 is 2.61 bits per heavy atom. The smallest absolute Gasteiger partial charge is 0.269 e. The number of hydrogen-bond acceptors (Lipinski definition) is 7. The van der Waals surface area contributed by atoms with Crippen LogP contribution in [-0.4, -0.2) is 50.6 Å². The second-order valence-corrected chi connectivity index (χ2v) is 11.0. The fraction of sp³-hybridized carbons (Fsp3) is 0.281. The summed E-state index contributed by atoms with van der Waals surface area (Å²) in [6.07, 6.45) is -0.246. The molecule has 226 valence electrons. The molecule has 0 saturated heterocycles. The molecule has 3 N–H and O–H groups in total. The fourth-order valence-corrected chi connectivity index (χ4v) is 5.29. The van der Waals surface area contributed by atoms with Crippen LogP contribution in [0.25, 0.3) is 11.3 Å². The summed E-state index contributed by atoms with van der Waals surface area (Å²) < 4.78 is 38.1. The van der Waals surface area contributed by atoms with Crippen LogP contribution in [0.3, 0.4) is 0 Å². The van der Waals surface area contributed by atoms with Gasteiger partial charge in [-0.05, 0) is 51.8 Å². The van der Waals surface area contributed by atoms with Crippen molar-refractivity contribution in [3.8, 4) is 17.1 Å². The van der Waals surface area contributed by atoms with Crippen molar-refractivity contribution in [3.63, 3.8) is 0 Å². The van der Waals surface area contributed by atoms with Crippen molar-refractivity contribution in [1.82, 2.24) is 20.1 Å². The number of hydrogen-bond donors (Lipinski definition) is 3. The van der Waals surface area contributed by atoms with Crippen molar-refractivity contribution in [3.05, 3.63) is 89.1 Å². The van der Waals surface area contributed by atoms with E-state index < -0.39 is 29.7 Å². The number of amides is 2. The molecule has 0 aliphatic carbocycles. The highest BCUT2D eigenvalue weighted by Crippen LogP contribution is 2.35. The third kappa shape index (κ3) is 5.62. The number of carbonyl (C=O) groups is 2. The van der Waals surface area contributed by atoms with E-state index >= 15 is 4.39 Å². The van der Waals surface area contributed by atoms with Crippen molar-refractivity contribution in [1.29, 1.82) is 0 Å². The van der Waals surface area contributed by atoms with E-state index in [0.29, 0.717) is 29.2 Å².